The van der Waals surface area contributed by atoms with Crippen LogP contribution >= 0.6 is 0 Å². The molecule has 0 aliphatic heterocycles. The SMILES string of the molecule is CCCCCC[NH2+]Cc1cccc(C[NH2+]CCCCCC)c1.CCCCCC[NH2+]Cc1cccc(C[NH2+]CCCCCC)c1.CCCCCC[NH2+]Cc1cccc(C[NH2+]CCCCCC)c1.CCCCCC[NH2+]Cc1cccc(C[NH2+]CCCCCC)c1.O.[Cl-].[Cl-].[Cl-].[Cl-].[Cl-].[Cl-].[Cl-].[Cl-]. The Morgan fingerprint density at radius 1 is 0.175 bits per heavy atom. The fourth-order valence-electron chi connectivity index (χ4n) is 11.4. The third-order valence-corrected chi connectivity index (χ3v) is 17.1. The molecular formula is C80H154Cl8N8O. The summed E-state index contributed by atoms with van der Waals surface area (Å²) in [4.78, 5) is 0. The molecule has 0 bridgehead atoms. The van der Waals surface area contributed by atoms with Crippen molar-refractivity contribution >= 4 is 0 Å². The molecule has 9 nitrogen and oxygen atoms in total. The molecule has 97 heavy (non-hydrogen) atoms. The third kappa shape index (κ3) is 77.3. The van der Waals surface area contributed by atoms with Gasteiger partial charge in [-0.25, -0.2) is 0 Å². The zero-order valence-corrected chi connectivity index (χ0v) is 69.4. The smallest absolute Gasteiger partial charge is 0.101 e. The van der Waals surface area contributed by atoms with E-state index in [0.717, 1.165) is 52.4 Å². The van der Waals surface area contributed by atoms with E-state index in [4.69, 9.17) is 0 Å². The third-order valence-electron chi connectivity index (χ3n) is 17.1. The molecule has 0 radical (unpaired) electrons. The molecule has 0 heterocycles. The zero-order valence-electron chi connectivity index (χ0n) is 63.3. The summed E-state index contributed by atoms with van der Waals surface area (Å²) in [6, 6.07) is 36.6. The standard InChI is InChI=1S/4C20H36N2.8ClH.H2O/c4*1-3-5-7-9-14-21-17-19-12-11-13-20(16-19)18-22-15-10-8-6-4-2;;;;;;;;;/h4*11-13,16,21-22H,3-10,14-15,17-18H2,1-2H3;8*1H;1H2. The van der Waals surface area contributed by atoms with Crippen LogP contribution < -0.4 is 142 Å². The molecule has 0 amide bonds. The van der Waals surface area contributed by atoms with Crippen molar-refractivity contribution in [2.24, 2.45) is 0 Å². The second kappa shape index (κ2) is 92.9. The van der Waals surface area contributed by atoms with Gasteiger partial charge in [0.2, 0.25) is 0 Å². The summed E-state index contributed by atoms with van der Waals surface area (Å²) < 4.78 is 0. The van der Waals surface area contributed by atoms with Gasteiger partial charge in [0, 0.05) is 44.5 Å². The molecule has 576 valence electrons. The number of benzene rings is 4. The first-order valence-corrected chi connectivity index (χ1v) is 38.3. The van der Waals surface area contributed by atoms with E-state index in [1.165, 1.54) is 302 Å². The average Bonchev–Trinajstić information content (AvgIpc) is 1.34. The quantitative estimate of drug-likeness (QED) is 0.0198. The Balaban J connectivity index is -0.000000148. The van der Waals surface area contributed by atoms with E-state index < -0.39 is 0 Å². The van der Waals surface area contributed by atoms with Gasteiger partial charge in [-0.1, -0.05) is 231 Å². The Labute approximate surface area is 649 Å². The summed E-state index contributed by atoms with van der Waals surface area (Å²) in [6.07, 6.45) is 43.7. The molecule has 0 aliphatic carbocycles. The molecule has 4 aromatic rings. The van der Waals surface area contributed by atoms with Crippen molar-refractivity contribution in [3.63, 3.8) is 0 Å². The lowest BCUT2D eigenvalue weighted by atomic mass is 10.1. The van der Waals surface area contributed by atoms with Crippen LogP contribution in [0.5, 0.6) is 0 Å². The lowest BCUT2D eigenvalue weighted by molar-refractivity contribution is -0.672. The predicted molar refractivity (Wildman–Crippen MR) is 386 cm³/mol. The lowest BCUT2D eigenvalue weighted by Gasteiger charge is -2.05. The first-order valence-electron chi connectivity index (χ1n) is 38.3. The largest absolute Gasteiger partial charge is 1.00 e. The Hall–Kier alpha value is -1.16. The van der Waals surface area contributed by atoms with Gasteiger partial charge in [-0.05, 0) is 127 Å². The van der Waals surface area contributed by atoms with Gasteiger partial charge in [-0.15, -0.1) is 0 Å². The minimum atomic E-state index is 0. The number of hydrogen-bond acceptors (Lipinski definition) is 0. The van der Waals surface area contributed by atoms with Crippen LogP contribution in [-0.4, -0.2) is 57.8 Å². The Morgan fingerprint density at radius 2 is 0.289 bits per heavy atom. The Bertz CT molecular complexity index is 1660. The number of halogens is 8. The van der Waals surface area contributed by atoms with Gasteiger partial charge in [0.05, 0.1) is 52.4 Å². The summed E-state index contributed by atoms with van der Waals surface area (Å²) in [5, 5.41) is 19.7. The maximum absolute atomic E-state index is 2.46. The van der Waals surface area contributed by atoms with Crippen molar-refractivity contribution < 1.29 is 147 Å². The molecular weight excluding hydrogens is 1370 g/mol. The molecule has 0 saturated heterocycles. The first kappa shape index (κ1) is 114. The predicted octanol–water partition coefficient (Wildman–Crippen LogP) is -12.9. The normalized spacial score (nSPS) is 9.98. The molecule has 4 rings (SSSR count). The van der Waals surface area contributed by atoms with Crippen LogP contribution in [0.1, 0.15) is 305 Å². The zero-order chi connectivity index (χ0) is 63.5. The van der Waals surface area contributed by atoms with E-state index in [2.05, 4.69) is 195 Å². The number of nitrogens with two attached hydrogens (primary N) is 8. The summed E-state index contributed by atoms with van der Waals surface area (Å²) in [7, 11) is 0. The van der Waals surface area contributed by atoms with Gasteiger partial charge < -0.3 is 147 Å². The fraction of sp³-hybridized carbons (Fsp3) is 0.700. The van der Waals surface area contributed by atoms with Gasteiger partial charge in [-0.2, -0.15) is 0 Å². The maximum atomic E-state index is 2.46. The van der Waals surface area contributed by atoms with Crippen molar-refractivity contribution in [3.8, 4) is 0 Å². The van der Waals surface area contributed by atoms with E-state index in [1.54, 1.807) is 0 Å². The van der Waals surface area contributed by atoms with Crippen LogP contribution in [0.2, 0.25) is 0 Å². The molecule has 0 spiro atoms. The number of quaternary nitrogens is 8. The van der Waals surface area contributed by atoms with E-state index >= 15 is 0 Å². The topological polar surface area (TPSA) is 164 Å². The Kier molecular flexibility index (Phi) is 109. The van der Waals surface area contributed by atoms with Crippen molar-refractivity contribution in [2.75, 3.05) is 52.4 Å². The summed E-state index contributed by atoms with van der Waals surface area (Å²) in [6.45, 7) is 37.4. The summed E-state index contributed by atoms with van der Waals surface area (Å²) in [5.74, 6) is 0. The molecule has 0 fully saturated rings. The van der Waals surface area contributed by atoms with Crippen molar-refractivity contribution in [1.29, 1.82) is 0 Å². The van der Waals surface area contributed by atoms with Crippen molar-refractivity contribution in [3.05, 3.63) is 142 Å². The van der Waals surface area contributed by atoms with Gasteiger partial charge in [0.1, 0.15) is 52.4 Å². The van der Waals surface area contributed by atoms with Gasteiger partial charge in [0.15, 0.2) is 0 Å². The minimum Gasteiger partial charge on any atom is -1.00 e. The van der Waals surface area contributed by atoms with Crippen molar-refractivity contribution in [1.82, 2.24) is 0 Å². The van der Waals surface area contributed by atoms with E-state index in [1.807, 2.05) is 0 Å². The number of unbranched alkanes of at least 4 members (excludes halogenated alkanes) is 24. The van der Waals surface area contributed by atoms with Crippen LogP contribution in [0.25, 0.3) is 0 Å². The van der Waals surface area contributed by atoms with Crippen LogP contribution in [0.3, 0.4) is 0 Å². The molecule has 0 aliphatic rings. The van der Waals surface area contributed by atoms with Crippen molar-refractivity contribution in [2.45, 2.75) is 313 Å². The Morgan fingerprint density at radius 3 is 0.392 bits per heavy atom. The van der Waals surface area contributed by atoms with E-state index in [0.29, 0.717) is 0 Å². The molecule has 17 heteroatoms. The minimum absolute atomic E-state index is 0. The summed E-state index contributed by atoms with van der Waals surface area (Å²) >= 11 is 0. The second-order valence-corrected chi connectivity index (χ2v) is 26.0. The highest BCUT2D eigenvalue weighted by Gasteiger charge is 2.06. The highest BCUT2D eigenvalue weighted by molar-refractivity contribution is 5.24. The maximum Gasteiger partial charge on any atom is 0.101 e. The monoisotopic (exact) mass is 1520 g/mol. The molecule has 18 N–H and O–H groups in total. The average molecular weight is 1530 g/mol. The van der Waals surface area contributed by atoms with Gasteiger partial charge >= 0.3 is 0 Å². The van der Waals surface area contributed by atoms with Gasteiger partial charge in [-0.3, -0.25) is 0 Å². The van der Waals surface area contributed by atoms with Gasteiger partial charge in [0.25, 0.3) is 0 Å². The summed E-state index contributed by atoms with van der Waals surface area (Å²) in [5.41, 5.74) is 11.8. The highest BCUT2D eigenvalue weighted by Crippen LogP contribution is 2.08. The number of hydrogen-bond donors (Lipinski definition) is 8. The molecule has 0 aromatic heterocycles. The molecule has 0 unspecified atom stereocenters. The second-order valence-electron chi connectivity index (χ2n) is 26.0. The highest BCUT2D eigenvalue weighted by atomic mass is 35.5. The van der Waals surface area contributed by atoms with Crippen LogP contribution in [0.4, 0.5) is 0 Å². The molecule has 0 saturated carbocycles. The fourth-order valence-corrected chi connectivity index (χ4v) is 11.4. The van der Waals surface area contributed by atoms with E-state index in [-0.39, 0.29) is 105 Å². The molecule has 0 atom stereocenters. The van der Waals surface area contributed by atoms with E-state index in [9.17, 15) is 0 Å². The number of rotatable bonds is 56. The van der Waals surface area contributed by atoms with Crippen LogP contribution in [-0.2, 0) is 52.4 Å². The first-order chi connectivity index (χ1) is 43.5. The van der Waals surface area contributed by atoms with Crippen LogP contribution in [0, 0.1) is 0 Å². The van der Waals surface area contributed by atoms with Crippen LogP contribution in [0.15, 0.2) is 97.1 Å². The lowest BCUT2D eigenvalue weighted by Crippen LogP contribution is -3.00. The molecule has 4 aromatic carbocycles.